The predicted octanol–water partition coefficient (Wildman–Crippen LogP) is 2.08. The molecule has 116 valence electrons. The zero-order chi connectivity index (χ0) is 14.6. The van der Waals surface area contributed by atoms with E-state index in [0.29, 0.717) is 6.54 Å². The molecule has 0 aromatic rings. The SMILES string of the molecule is CCNC(=NCC1(O)CCCC1)N1CCSC(C)(C)C1. The van der Waals surface area contributed by atoms with Crippen LogP contribution in [-0.4, -0.2) is 58.2 Å². The molecular formula is C15H29N3OS. The van der Waals surface area contributed by atoms with Gasteiger partial charge >= 0.3 is 0 Å². The third-order valence-corrected chi connectivity index (χ3v) is 5.41. The molecule has 0 radical (unpaired) electrons. The molecule has 2 aliphatic rings. The van der Waals surface area contributed by atoms with Gasteiger partial charge in [-0.3, -0.25) is 4.99 Å². The maximum atomic E-state index is 10.5. The maximum absolute atomic E-state index is 10.5. The number of guanidine groups is 1. The number of aliphatic hydroxyl groups is 1. The lowest BCUT2D eigenvalue weighted by Gasteiger charge is -2.39. The van der Waals surface area contributed by atoms with Crippen molar-refractivity contribution in [3.05, 3.63) is 0 Å². The largest absolute Gasteiger partial charge is 0.388 e. The van der Waals surface area contributed by atoms with Gasteiger partial charge in [0.25, 0.3) is 0 Å². The van der Waals surface area contributed by atoms with E-state index < -0.39 is 5.60 Å². The van der Waals surface area contributed by atoms with Crippen LogP contribution in [0.3, 0.4) is 0 Å². The highest BCUT2D eigenvalue weighted by Crippen LogP contribution is 2.31. The van der Waals surface area contributed by atoms with E-state index in [4.69, 9.17) is 4.99 Å². The number of nitrogens with zero attached hydrogens (tertiary/aromatic N) is 2. The molecule has 0 amide bonds. The Balaban J connectivity index is 2.01. The first-order valence-electron chi connectivity index (χ1n) is 7.84. The van der Waals surface area contributed by atoms with Crippen molar-refractivity contribution >= 4 is 17.7 Å². The van der Waals surface area contributed by atoms with Gasteiger partial charge in [0.15, 0.2) is 5.96 Å². The fraction of sp³-hybridized carbons (Fsp3) is 0.933. The summed E-state index contributed by atoms with van der Waals surface area (Å²) in [5, 5.41) is 13.8. The van der Waals surface area contributed by atoms with Crippen LogP contribution in [0.25, 0.3) is 0 Å². The molecule has 1 aliphatic carbocycles. The summed E-state index contributed by atoms with van der Waals surface area (Å²) < 4.78 is 0.276. The Morgan fingerprint density at radius 1 is 1.35 bits per heavy atom. The van der Waals surface area contributed by atoms with Crippen LogP contribution >= 0.6 is 11.8 Å². The second-order valence-corrected chi connectivity index (χ2v) is 8.43. The fourth-order valence-corrected chi connectivity index (χ4v) is 4.15. The van der Waals surface area contributed by atoms with Gasteiger partial charge < -0.3 is 15.3 Å². The Morgan fingerprint density at radius 2 is 2.05 bits per heavy atom. The molecular weight excluding hydrogens is 270 g/mol. The van der Waals surface area contributed by atoms with Crippen molar-refractivity contribution in [1.29, 1.82) is 0 Å². The van der Waals surface area contributed by atoms with E-state index in [9.17, 15) is 5.11 Å². The Labute approximate surface area is 127 Å². The van der Waals surface area contributed by atoms with Crippen molar-refractivity contribution in [2.75, 3.05) is 31.9 Å². The summed E-state index contributed by atoms with van der Waals surface area (Å²) in [5.41, 5.74) is -0.555. The van der Waals surface area contributed by atoms with Gasteiger partial charge in [0.2, 0.25) is 0 Å². The van der Waals surface area contributed by atoms with Crippen LogP contribution in [0.4, 0.5) is 0 Å². The number of hydrogen-bond acceptors (Lipinski definition) is 3. The molecule has 1 saturated carbocycles. The van der Waals surface area contributed by atoms with E-state index >= 15 is 0 Å². The maximum Gasteiger partial charge on any atom is 0.194 e. The minimum absolute atomic E-state index is 0.276. The second-order valence-electron chi connectivity index (χ2n) is 6.63. The molecule has 2 fully saturated rings. The average Bonchev–Trinajstić information content (AvgIpc) is 2.80. The average molecular weight is 299 g/mol. The van der Waals surface area contributed by atoms with Crippen molar-refractivity contribution in [3.8, 4) is 0 Å². The zero-order valence-corrected chi connectivity index (χ0v) is 13.9. The molecule has 2 rings (SSSR count). The molecule has 1 aliphatic heterocycles. The molecule has 0 aromatic carbocycles. The molecule has 2 N–H and O–H groups in total. The Hall–Kier alpha value is -0.420. The van der Waals surface area contributed by atoms with Gasteiger partial charge in [0, 0.05) is 30.1 Å². The molecule has 1 heterocycles. The molecule has 0 atom stereocenters. The van der Waals surface area contributed by atoms with Crippen LogP contribution in [0.2, 0.25) is 0 Å². The van der Waals surface area contributed by atoms with Crippen LogP contribution < -0.4 is 5.32 Å². The van der Waals surface area contributed by atoms with E-state index in [2.05, 4.69) is 31.0 Å². The first-order chi connectivity index (χ1) is 9.44. The molecule has 0 aromatic heterocycles. The van der Waals surface area contributed by atoms with Gasteiger partial charge in [-0.1, -0.05) is 12.8 Å². The zero-order valence-electron chi connectivity index (χ0n) is 13.1. The Morgan fingerprint density at radius 3 is 2.65 bits per heavy atom. The van der Waals surface area contributed by atoms with E-state index in [1.807, 2.05) is 11.8 Å². The number of nitrogens with one attached hydrogen (secondary N) is 1. The molecule has 0 spiro atoms. The lowest BCUT2D eigenvalue weighted by molar-refractivity contribution is 0.0571. The molecule has 4 nitrogen and oxygen atoms in total. The molecule has 20 heavy (non-hydrogen) atoms. The van der Waals surface area contributed by atoms with Crippen molar-refractivity contribution in [2.24, 2.45) is 4.99 Å². The Kier molecular flexibility index (Phi) is 5.24. The third-order valence-electron chi connectivity index (χ3n) is 4.12. The summed E-state index contributed by atoms with van der Waals surface area (Å²) in [6, 6.07) is 0. The summed E-state index contributed by atoms with van der Waals surface area (Å²) in [4.78, 5) is 7.07. The van der Waals surface area contributed by atoms with Crippen LogP contribution in [-0.2, 0) is 0 Å². The quantitative estimate of drug-likeness (QED) is 0.619. The number of hydrogen-bond donors (Lipinski definition) is 2. The molecule has 5 heteroatoms. The van der Waals surface area contributed by atoms with Crippen LogP contribution in [0.15, 0.2) is 4.99 Å². The summed E-state index contributed by atoms with van der Waals surface area (Å²) in [5.74, 6) is 2.11. The van der Waals surface area contributed by atoms with E-state index in [1.54, 1.807) is 0 Å². The lowest BCUT2D eigenvalue weighted by Crippen LogP contribution is -2.51. The van der Waals surface area contributed by atoms with E-state index in [0.717, 1.165) is 57.0 Å². The normalized spacial score (nSPS) is 25.8. The van der Waals surface area contributed by atoms with Gasteiger partial charge in [-0.15, -0.1) is 0 Å². The number of rotatable bonds is 3. The van der Waals surface area contributed by atoms with Crippen molar-refractivity contribution < 1.29 is 5.11 Å². The molecule has 0 bridgehead atoms. The molecule has 1 saturated heterocycles. The number of aliphatic imine (C=N–C) groups is 1. The molecule has 0 unspecified atom stereocenters. The summed E-state index contributed by atoms with van der Waals surface area (Å²) in [7, 11) is 0. The summed E-state index contributed by atoms with van der Waals surface area (Å²) in [6.07, 6.45) is 4.07. The minimum Gasteiger partial charge on any atom is -0.388 e. The monoisotopic (exact) mass is 299 g/mol. The van der Waals surface area contributed by atoms with Crippen LogP contribution in [0, 0.1) is 0 Å². The lowest BCUT2D eigenvalue weighted by atomic mass is 10.0. The first kappa shape index (κ1) is 16.0. The smallest absolute Gasteiger partial charge is 0.194 e. The van der Waals surface area contributed by atoms with Gasteiger partial charge in [0.05, 0.1) is 12.1 Å². The first-order valence-corrected chi connectivity index (χ1v) is 8.82. The third kappa shape index (κ3) is 4.29. The predicted molar refractivity (Wildman–Crippen MR) is 87.5 cm³/mol. The highest BCUT2D eigenvalue weighted by Gasteiger charge is 2.32. The Bertz CT molecular complexity index is 351. The summed E-state index contributed by atoms with van der Waals surface area (Å²) >= 11 is 2.03. The summed E-state index contributed by atoms with van der Waals surface area (Å²) in [6.45, 7) is 10.2. The van der Waals surface area contributed by atoms with Crippen molar-refractivity contribution in [1.82, 2.24) is 10.2 Å². The van der Waals surface area contributed by atoms with E-state index in [1.165, 1.54) is 0 Å². The van der Waals surface area contributed by atoms with Crippen molar-refractivity contribution in [2.45, 2.75) is 56.8 Å². The number of thioether (sulfide) groups is 1. The van der Waals surface area contributed by atoms with E-state index in [-0.39, 0.29) is 4.75 Å². The standard InChI is InChI=1S/C15H29N3OS/c1-4-16-13(17-11-15(19)7-5-6-8-15)18-9-10-20-14(2,3)12-18/h19H,4-12H2,1-3H3,(H,16,17). The van der Waals surface area contributed by atoms with Crippen LogP contribution in [0.1, 0.15) is 46.5 Å². The highest BCUT2D eigenvalue weighted by molar-refractivity contribution is 8.00. The van der Waals surface area contributed by atoms with Gasteiger partial charge in [-0.05, 0) is 33.6 Å². The highest BCUT2D eigenvalue weighted by atomic mass is 32.2. The van der Waals surface area contributed by atoms with Crippen molar-refractivity contribution in [3.63, 3.8) is 0 Å². The van der Waals surface area contributed by atoms with Crippen LogP contribution in [0.5, 0.6) is 0 Å². The van der Waals surface area contributed by atoms with Gasteiger partial charge in [0.1, 0.15) is 0 Å². The van der Waals surface area contributed by atoms with Gasteiger partial charge in [-0.2, -0.15) is 11.8 Å². The fourth-order valence-electron chi connectivity index (χ4n) is 3.04. The minimum atomic E-state index is -0.555. The topological polar surface area (TPSA) is 47.9 Å². The van der Waals surface area contributed by atoms with Gasteiger partial charge in [-0.25, -0.2) is 0 Å². The second kappa shape index (κ2) is 6.56.